The number of nitrogens with zero attached hydrogens (tertiary/aromatic N) is 1. The Labute approximate surface area is 251 Å². The summed E-state index contributed by atoms with van der Waals surface area (Å²) in [7, 11) is 2.86. The molecule has 2 atom stereocenters. The highest BCUT2D eigenvalue weighted by atomic mass is 19.4. The molecule has 44 heavy (non-hydrogen) atoms. The third-order valence-corrected chi connectivity index (χ3v) is 8.04. The van der Waals surface area contributed by atoms with E-state index in [0.29, 0.717) is 13.2 Å². The van der Waals surface area contributed by atoms with Crippen molar-refractivity contribution in [1.82, 2.24) is 9.88 Å². The minimum absolute atomic E-state index is 0.0394. The zero-order valence-corrected chi connectivity index (χ0v) is 24.4. The topological polar surface area (TPSA) is 64.5 Å². The van der Waals surface area contributed by atoms with Gasteiger partial charge in [-0.05, 0) is 36.2 Å². The van der Waals surface area contributed by atoms with Crippen molar-refractivity contribution in [3.8, 4) is 16.9 Å². The number of hydrogen-bond acceptors (Lipinski definition) is 5. The molecule has 2 unspecified atom stereocenters. The van der Waals surface area contributed by atoms with Gasteiger partial charge in [-0.25, -0.2) is 8.78 Å². The second kappa shape index (κ2) is 12.8. The minimum Gasteiger partial charge on any atom is -0.494 e. The van der Waals surface area contributed by atoms with Crippen LogP contribution in [0.5, 0.6) is 5.75 Å². The molecule has 0 bridgehead atoms. The lowest BCUT2D eigenvalue weighted by atomic mass is 9.91. The Kier molecular flexibility index (Phi) is 9.07. The van der Waals surface area contributed by atoms with Gasteiger partial charge in [0.1, 0.15) is 11.6 Å². The first-order valence-corrected chi connectivity index (χ1v) is 14.0. The van der Waals surface area contributed by atoms with Crippen LogP contribution in [0.4, 0.5) is 27.8 Å². The van der Waals surface area contributed by atoms with Gasteiger partial charge in [-0.2, -0.15) is 13.2 Å². The van der Waals surface area contributed by atoms with Gasteiger partial charge < -0.3 is 20.1 Å². The zero-order chi connectivity index (χ0) is 31.6. The normalized spacial score (nSPS) is 15.1. The van der Waals surface area contributed by atoms with Crippen LogP contribution in [-0.4, -0.2) is 38.5 Å². The second-order valence-electron chi connectivity index (χ2n) is 10.5. The number of ether oxygens (including phenoxy) is 2. The van der Waals surface area contributed by atoms with Gasteiger partial charge in [-0.1, -0.05) is 48.5 Å². The van der Waals surface area contributed by atoms with Crippen molar-refractivity contribution in [3.63, 3.8) is 0 Å². The van der Waals surface area contributed by atoms with Gasteiger partial charge in [-0.3, -0.25) is 9.36 Å². The number of hydrogen-bond donors (Lipinski definition) is 2. The van der Waals surface area contributed by atoms with Gasteiger partial charge in [-0.15, -0.1) is 0 Å². The van der Waals surface area contributed by atoms with Crippen LogP contribution in [0.15, 0.2) is 71.5 Å². The van der Waals surface area contributed by atoms with Crippen LogP contribution in [0.3, 0.4) is 0 Å². The number of anilines is 1. The summed E-state index contributed by atoms with van der Waals surface area (Å²) in [6.45, 7) is 2.60. The lowest BCUT2D eigenvalue weighted by molar-refractivity contribution is -0.138. The van der Waals surface area contributed by atoms with Crippen LogP contribution in [0.2, 0.25) is 0 Å². The van der Waals surface area contributed by atoms with E-state index in [2.05, 4.69) is 10.6 Å². The monoisotopic (exact) mass is 613 g/mol. The summed E-state index contributed by atoms with van der Waals surface area (Å²) in [6, 6.07) is 15.5. The van der Waals surface area contributed by atoms with E-state index in [9.17, 15) is 18.0 Å². The molecule has 0 aliphatic carbocycles. The second-order valence-corrected chi connectivity index (χ2v) is 10.5. The van der Waals surface area contributed by atoms with Crippen LogP contribution in [0.1, 0.15) is 39.9 Å². The van der Waals surface area contributed by atoms with Crippen LogP contribution < -0.4 is 20.9 Å². The van der Waals surface area contributed by atoms with Crippen LogP contribution >= 0.6 is 0 Å². The fourth-order valence-electron chi connectivity index (χ4n) is 5.95. The Morgan fingerprint density at radius 3 is 2.41 bits per heavy atom. The molecule has 11 heteroatoms. The molecule has 3 aromatic carbocycles. The molecule has 0 amide bonds. The Balaban J connectivity index is 1.78. The molecule has 2 N–H and O–H groups in total. The number of pyridine rings is 1. The van der Waals surface area contributed by atoms with Gasteiger partial charge in [0.15, 0.2) is 11.6 Å². The summed E-state index contributed by atoms with van der Waals surface area (Å²) >= 11 is 0. The van der Waals surface area contributed by atoms with E-state index in [1.54, 1.807) is 14.0 Å². The number of alkyl halides is 3. The number of benzene rings is 3. The Morgan fingerprint density at radius 1 is 1.00 bits per heavy atom. The average molecular weight is 614 g/mol. The van der Waals surface area contributed by atoms with Crippen molar-refractivity contribution in [2.75, 3.05) is 39.2 Å². The first-order chi connectivity index (χ1) is 21.1. The van der Waals surface area contributed by atoms with E-state index in [4.69, 9.17) is 9.47 Å². The van der Waals surface area contributed by atoms with E-state index in [0.717, 1.165) is 23.8 Å². The standard InChI is InChI=1S/C33H32F5N3O3/c1-19-22(17-23-24(33(36,37)38)12-8-13-25(23)34)31-40-18-26(30(39-15-16-43-2)20-9-5-4-6-10-20)41(31)32(42)28(19)21-11-7-14-27(44-3)29(21)35/h4-14,26,30,39-40H,15-18H2,1-3H3. The van der Waals surface area contributed by atoms with Crippen molar-refractivity contribution >= 4 is 5.82 Å². The number of methoxy groups -OCH3 is 2. The molecule has 1 aliphatic rings. The summed E-state index contributed by atoms with van der Waals surface area (Å²) in [5.74, 6) is -1.66. The molecule has 0 spiro atoms. The van der Waals surface area contributed by atoms with Crippen molar-refractivity contribution in [2.24, 2.45) is 0 Å². The number of nitrogens with one attached hydrogen (secondary N) is 2. The van der Waals surface area contributed by atoms with Crippen LogP contribution in [0.25, 0.3) is 11.1 Å². The maximum absolute atomic E-state index is 15.7. The predicted octanol–water partition coefficient (Wildman–Crippen LogP) is 6.66. The Morgan fingerprint density at radius 2 is 1.73 bits per heavy atom. The van der Waals surface area contributed by atoms with Crippen molar-refractivity contribution in [1.29, 1.82) is 0 Å². The average Bonchev–Trinajstić information content (AvgIpc) is 3.44. The van der Waals surface area contributed by atoms with Crippen molar-refractivity contribution < 1.29 is 31.4 Å². The Bertz CT molecular complexity index is 1710. The summed E-state index contributed by atoms with van der Waals surface area (Å²) in [6.07, 6.45) is -5.31. The number of aromatic nitrogens is 1. The third kappa shape index (κ3) is 5.81. The SMILES string of the molecule is COCCNC(c1ccccc1)C1CNc2c(Cc3c(F)cccc3C(F)(F)F)c(C)c(-c3cccc(OC)c3F)c(=O)n21. The van der Waals surface area contributed by atoms with Crippen molar-refractivity contribution in [3.05, 3.63) is 117 Å². The van der Waals surface area contributed by atoms with E-state index < -0.39 is 53.0 Å². The van der Waals surface area contributed by atoms with Gasteiger partial charge in [0.05, 0.1) is 36.9 Å². The summed E-state index contributed by atoms with van der Waals surface area (Å²) in [5, 5.41) is 6.65. The molecule has 2 heterocycles. The molecule has 6 nitrogen and oxygen atoms in total. The lowest BCUT2D eigenvalue weighted by Gasteiger charge is -2.28. The fourth-order valence-corrected chi connectivity index (χ4v) is 5.95. The molecule has 0 saturated heterocycles. The van der Waals surface area contributed by atoms with E-state index in [-0.39, 0.29) is 40.4 Å². The first-order valence-electron chi connectivity index (χ1n) is 14.0. The lowest BCUT2D eigenvalue weighted by Crippen LogP contribution is -2.36. The van der Waals surface area contributed by atoms with Crippen LogP contribution in [-0.2, 0) is 17.3 Å². The number of fused-ring (bicyclic) bond motifs is 1. The van der Waals surface area contributed by atoms with E-state index >= 15 is 8.78 Å². The number of halogens is 5. The largest absolute Gasteiger partial charge is 0.494 e. The fraction of sp³-hybridized carbons (Fsp3) is 0.303. The quantitative estimate of drug-likeness (QED) is 0.155. The van der Waals surface area contributed by atoms with Crippen LogP contribution in [0, 0.1) is 18.6 Å². The van der Waals surface area contributed by atoms with Gasteiger partial charge in [0.25, 0.3) is 5.56 Å². The summed E-state index contributed by atoms with van der Waals surface area (Å²) in [4.78, 5) is 14.4. The van der Waals surface area contributed by atoms with Crippen molar-refractivity contribution in [2.45, 2.75) is 31.6 Å². The molecule has 0 saturated carbocycles. The van der Waals surface area contributed by atoms with Gasteiger partial charge >= 0.3 is 6.18 Å². The molecule has 0 fully saturated rings. The molecule has 1 aromatic heterocycles. The third-order valence-electron chi connectivity index (χ3n) is 8.04. The molecule has 232 valence electrons. The highest BCUT2D eigenvalue weighted by Gasteiger charge is 2.38. The highest BCUT2D eigenvalue weighted by Crippen LogP contribution is 2.41. The number of rotatable bonds is 10. The Hall–Kier alpha value is -4.22. The molecular weight excluding hydrogens is 581 g/mol. The molecule has 1 aliphatic heterocycles. The van der Waals surface area contributed by atoms with Gasteiger partial charge in [0.2, 0.25) is 0 Å². The smallest absolute Gasteiger partial charge is 0.416 e. The van der Waals surface area contributed by atoms with Gasteiger partial charge in [0, 0.05) is 43.3 Å². The molecule has 5 rings (SSSR count). The summed E-state index contributed by atoms with van der Waals surface area (Å²) in [5.41, 5.74) is -0.976. The minimum atomic E-state index is -4.82. The first kappa shape index (κ1) is 31.2. The summed E-state index contributed by atoms with van der Waals surface area (Å²) < 4.78 is 84.8. The highest BCUT2D eigenvalue weighted by molar-refractivity contribution is 5.74. The molecule has 4 aromatic rings. The van der Waals surface area contributed by atoms with E-state index in [1.165, 1.54) is 29.9 Å². The van der Waals surface area contributed by atoms with E-state index in [1.807, 2.05) is 30.3 Å². The predicted molar refractivity (Wildman–Crippen MR) is 158 cm³/mol. The zero-order valence-electron chi connectivity index (χ0n) is 24.4. The maximum Gasteiger partial charge on any atom is 0.416 e. The molecule has 0 radical (unpaired) electrons. The maximum atomic E-state index is 15.7. The molecular formula is C33H32F5N3O3.